The predicted octanol–water partition coefficient (Wildman–Crippen LogP) is 1.32. The van der Waals surface area contributed by atoms with Crippen molar-refractivity contribution in [2.75, 3.05) is 11.3 Å². The van der Waals surface area contributed by atoms with Crippen molar-refractivity contribution in [3.8, 4) is 0 Å². The van der Waals surface area contributed by atoms with Crippen LogP contribution in [0.25, 0.3) is 0 Å². The molecular weight excluding hydrogens is 442 g/mol. The highest BCUT2D eigenvalue weighted by molar-refractivity contribution is 7.93. The lowest BCUT2D eigenvalue weighted by Crippen LogP contribution is -2.25. The molecule has 0 bridgehead atoms. The average molecular weight is 464 g/mol. The fourth-order valence-corrected chi connectivity index (χ4v) is 4.92. The molecule has 2 aromatic rings. The highest BCUT2D eigenvalue weighted by Gasteiger charge is 2.36. The average Bonchev–Trinajstić information content (AvgIpc) is 3.51. The minimum absolute atomic E-state index is 0.106. The zero-order chi connectivity index (χ0) is 21.8. The maximum atomic E-state index is 12.5. The Balaban J connectivity index is 1.34. The van der Waals surface area contributed by atoms with Gasteiger partial charge >= 0.3 is 0 Å². The lowest BCUT2D eigenvalue weighted by atomic mass is 10.2. The molecule has 164 valence electrons. The third-order valence-corrected chi connectivity index (χ3v) is 7.33. The summed E-state index contributed by atoms with van der Waals surface area (Å²) < 4.78 is 32.0. The van der Waals surface area contributed by atoms with Crippen LogP contribution in [0, 0.1) is 0 Å². The van der Waals surface area contributed by atoms with Crippen molar-refractivity contribution >= 4 is 39.3 Å². The Kier molecular flexibility index (Phi) is 6.13. The standard InChI is InChI=1S/C18H21N7O4S2/c1-2-29-16-9-19-7-13(24-16)14-8-21-18(30-14)17(26)20-6-11-5-15(23-10-22-11)25-31(27,28)12-3-4-12/h5,7-10,12-13,24H,2-4,6H2,1H3,(H,20,26)(H,22,23,25). The van der Waals surface area contributed by atoms with E-state index in [-0.39, 0.29) is 29.6 Å². The first-order valence-corrected chi connectivity index (χ1v) is 12.0. The third-order valence-electron chi connectivity index (χ3n) is 4.41. The molecule has 13 heteroatoms. The number of thiazole rings is 1. The molecule has 3 heterocycles. The molecule has 11 nitrogen and oxygen atoms in total. The molecule has 1 unspecified atom stereocenters. The molecule has 4 rings (SSSR count). The Morgan fingerprint density at radius 2 is 2.16 bits per heavy atom. The normalized spacial score (nSPS) is 18.1. The number of sulfonamides is 1. The van der Waals surface area contributed by atoms with Gasteiger partial charge in [0.1, 0.15) is 18.2 Å². The lowest BCUT2D eigenvalue weighted by Gasteiger charge is -2.19. The Hall–Kier alpha value is -3.06. The molecule has 2 aliphatic rings. The van der Waals surface area contributed by atoms with Crippen molar-refractivity contribution in [2.45, 2.75) is 37.6 Å². The van der Waals surface area contributed by atoms with E-state index in [2.05, 4.69) is 35.3 Å². The Labute approximate surface area is 183 Å². The molecule has 31 heavy (non-hydrogen) atoms. The second-order valence-corrected chi connectivity index (χ2v) is 9.86. The van der Waals surface area contributed by atoms with E-state index in [0.717, 1.165) is 4.88 Å². The highest BCUT2D eigenvalue weighted by Crippen LogP contribution is 2.29. The van der Waals surface area contributed by atoms with Gasteiger partial charge in [-0.15, -0.1) is 11.3 Å². The summed E-state index contributed by atoms with van der Waals surface area (Å²) in [5.74, 6) is 0.387. The highest BCUT2D eigenvalue weighted by atomic mass is 32.2. The quantitative estimate of drug-likeness (QED) is 0.504. The number of ether oxygens (including phenoxy) is 1. The molecule has 1 saturated carbocycles. The van der Waals surface area contributed by atoms with Crippen LogP contribution >= 0.6 is 11.3 Å². The minimum atomic E-state index is -3.41. The second kappa shape index (κ2) is 8.98. The molecule has 1 atom stereocenters. The van der Waals surface area contributed by atoms with Crippen molar-refractivity contribution in [1.29, 1.82) is 0 Å². The predicted molar refractivity (Wildman–Crippen MR) is 115 cm³/mol. The van der Waals surface area contributed by atoms with Gasteiger partial charge in [0.05, 0.1) is 35.2 Å². The van der Waals surface area contributed by atoms with E-state index >= 15 is 0 Å². The van der Waals surface area contributed by atoms with Crippen molar-refractivity contribution in [3.63, 3.8) is 0 Å². The zero-order valence-electron chi connectivity index (χ0n) is 16.6. The number of rotatable bonds is 9. The molecule has 2 aromatic heterocycles. The van der Waals surface area contributed by atoms with Gasteiger partial charge in [0.2, 0.25) is 15.9 Å². The van der Waals surface area contributed by atoms with Crippen molar-refractivity contribution in [3.05, 3.63) is 46.3 Å². The SMILES string of the molecule is CCOC1=CN=CC(c2cnc(C(=O)NCc3cc(NS(=O)(=O)C4CC4)ncn3)s2)N1. The van der Waals surface area contributed by atoms with Crippen molar-refractivity contribution in [1.82, 2.24) is 25.6 Å². The molecule has 0 saturated heterocycles. The number of amides is 1. The van der Waals surface area contributed by atoms with Gasteiger partial charge in [-0.2, -0.15) is 0 Å². The summed E-state index contributed by atoms with van der Waals surface area (Å²) in [6, 6.07) is 1.27. The zero-order valence-corrected chi connectivity index (χ0v) is 18.2. The second-order valence-electron chi connectivity index (χ2n) is 6.84. The van der Waals surface area contributed by atoms with Crippen LogP contribution in [0.5, 0.6) is 0 Å². The lowest BCUT2D eigenvalue weighted by molar-refractivity contribution is 0.0950. The maximum absolute atomic E-state index is 12.5. The summed E-state index contributed by atoms with van der Waals surface area (Å²) in [6.07, 6.45) is 7.49. The molecule has 1 aliphatic carbocycles. The van der Waals surface area contributed by atoms with Crippen LogP contribution < -0.4 is 15.4 Å². The monoisotopic (exact) mass is 463 g/mol. The van der Waals surface area contributed by atoms with E-state index in [4.69, 9.17) is 4.74 Å². The van der Waals surface area contributed by atoms with Gasteiger partial charge in [-0.25, -0.2) is 23.4 Å². The van der Waals surface area contributed by atoms with E-state index < -0.39 is 10.0 Å². The first-order valence-electron chi connectivity index (χ1n) is 9.64. The summed E-state index contributed by atoms with van der Waals surface area (Å²) in [6.45, 7) is 2.51. The first-order chi connectivity index (χ1) is 14.9. The third kappa shape index (κ3) is 5.35. The van der Waals surface area contributed by atoms with Crippen LogP contribution in [0.3, 0.4) is 0 Å². The first kappa shape index (κ1) is 21.2. The van der Waals surface area contributed by atoms with Crippen molar-refractivity contribution in [2.24, 2.45) is 4.99 Å². The number of carbonyl (C=O) groups excluding carboxylic acids is 1. The van der Waals surface area contributed by atoms with E-state index in [1.54, 1.807) is 18.6 Å². The number of hydrogen-bond donors (Lipinski definition) is 3. The fourth-order valence-electron chi connectivity index (χ4n) is 2.74. The van der Waals surface area contributed by atoms with Gasteiger partial charge in [-0.05, 0) is 19.8 Å². The number of aromatic nitrogens is 3. The van der Waals surface area contributed by atoms with Crippen LogP contribution in [0.15, 0.2) is 35.7 Å². The number of aliphatic imine (C=N–C) groups is 1. The van der Waals surface area contributed by atoms with Gasteiger partial charge < -0.3 is 15.4 Å². The summed E-state index contributed by atoms with van der Waals surface area (Å²) >= 11 is 1.24. The number of hydrogen-bond acceptors (Lipinski definition) is 10. The summed E-state index contributed by atoms with van der Waals surface area (Å²) in [7, 11) is -3.41. The van der Waals surface area contributed by atoms with Crippen molar-refractivity contribution < 1.29 is 17.9 Å². The van der Waals surface area contributed by atoms with E-state index in [1.165, 1.54) is 23.7 Å². The smallest absolute Gasteiger partial charge is 0.280 e. The fraction of sp³-hybridized carbons (Fsp3) is 0.389. The maximum Gasteiger partial charge on any atom is 0.280 e. The van der Waals surface area contributed by atoms with Crippen LogP contribution in [0.2, 0.25) is 0 Å². The molecule has 3 N–H and O–H groups in total. The molecule has 1 fully saturated rings. The van der Waals surface area contributed by atoms with E-state index in [0.29, 0.717) is 36.0 Å². The molecule has 1 amide bonds. The van der Waals surface area contributed by atoms with Gasteiger partial charge in [-0.1, -0.05) is 0 Å². The largest absolute Gasteiger partial charge is 0.478 e. The molecule has 0 aromatic carbocycles. The van der Waals surface area contributed by atoms with Gasteiger partial charge in [0.25, 0.3) is 5.91 Å². The molecular formula is C18H21N7O4S2. The Morgan fingerprint density at radius 3 is 2.94 bits per heavy atom. The van der Waals surface area contributed by atoms with Gasteiger partial charge in [0.15, 0.2) is 5.01 Å². The Bertz CT molecular complexity index is 1130. The Morgan fingerprint density at radius 1 is 1.32 bits per heavy atom. The number of carbonyl (C=O) groups is 1. The van der Waals surface area contributed by atoms with Crippen LogP contribution in [0.4, 0.5) is 5.82 Å². The minimum Gasteiger partial charge on any atom is -0.478 e. The van der Waals surface area contributed by atoms with Gasteiger partial charge in [-0.3, -0.25) is 14.5 Å². The number of nitrogens with zero attached hydrogens (tertiary/aromatic N) is 4. The topological polar surface area (TPSA) is 148 Å². The van der Waals surface area contributed by atoms with Crippen LogP contribution in [0.1, 0.15) is 46.2 Å². The van der Waals surface area contributed by atoms with Crippen LogP contribution in [-0.4, -0.2) is 47.3 Å². The molecule has 1 aliphatic heterocycles. The van der Waals surface area contributed by atoms with Gasteiger partial charge in [0, 0.05) is 18.5 Å². The summed E-state index contributed by atoms with van der Waals surface area (Å²) in [5, 5.41) is 5.85. The molecule has 0 spiro atoms. The number of nitrogens with one attached hydrogen (secondary N) is 3. The number of anilines is 1. The summed E-state index contributed by atoms with van der Waals surface area (Å²) in [5.41, 5.74) is 0.473. The molecule has 0 radical (unpaired) electrons. The van der Waals surface area contributed by atoms with Crippen LogP contribution in [-0.2, 0) is 21.3 Å². The van der Waals surface area contributed by atoms with E-state index in [1.807, 2.05) is 6.92 Å². The van der Waals surface area contributed by atoms with E-state index in [9.17, 15) is 13.2 Å². The summed E-state index contributed by atoms with van der Waals surface area (Å²) in [4.78, 5) is 29.7.